The lowest BCUT2D eigenvalue weighted by atomic mass is 9.95. The molecule has 0 aliphatic carbocycles. The summed E-state index contributed by atoms with van der Waals surface area (Å²) < 4.78 is 38.9. The first-order valence-electron chi connectivity index (χ1n) is 6.43. The average Bonchev–Trinajstić information content (AvgIpc) is 2.44. The van der Waals surface area contributed by atoms with E-state index in [1.165, 1.54) is 6.92 Å². The van der Waals surface area contributed by atoms with Crippen molar-refractivity contribution in [3.05, 3.63) is 34.9 Å². The van der Waals surface area contributed by atoms with Crippen molar-refractivity contribution in [1.82, 2.24) is 5.32 Å². The molecule has 2 atom stereocenters. The summed E-state index contributed by atoms with van der Waals surface area (Å²) in [5.41, 5.74) is -1.88. The van der Waals surface area contributed by atoms with Crippen LogP contribution in [0.15, 0.2) is 18.2 Å². The number of hydrogen-bond donors (Lipinski definition) is 3. The second kappa shape index (κ2) is 7.37. The van der Waals surface area contributed by atoms with Crippen molar-refractivity contribution in [2.45, 2.75) is 31.7 Å². The quantitative estimate of drug-likeness (QED) is 0.693. The second-order valence-corrected chi connectivity index (χ2v) is 4.75. The Morgan fingerprint density at radius 2 is 2.00 bits per heavy atom. The Morgan fingerprint density at radius 1 is 1.36 bits per heavy atom. The molecule has 1 rings (SSSR count). The molecule has 0 aliphatic rings. The zero-order chi connectivity index (χ0) is 16.9. The average molecular weight is 319 g/mol. The number of aldehydes is 1. The fourth-order valence-electron chi connectivity index (χ4n) is 1.91. The molecule has 8 heteroatoms. The second-order valence-electron chi connectivity index (χ2n) is 4.75. The Bertz CT molecular complexity index is 545. The number of carbonyl (C=O) groups excluding carboxylic acids is 2. The molecule has 1 aromatic carbocycles. The van der Waals surface area contributed by atoms with Gasteiger partial charge in [0.2, 0.25) is 5.91 Å². The molecule has 0 aromatic heterocycles. The molecule has 2 unspecified atom stereocenters. The van der Waals surface area contributed by atoms with Crippen LogP contribution in [0, 0.1) is 0 Å². The van der Waals surface area contributed by atoms with Gasteiger partial charge in [-0.25, -0.2) is 0 Å². The maximum Gasteiger partial charge on any atom is 0.416 e. The van der Waals surface area contributed by atoms with Crippen molar-refractivity contribution in [2.24, 2.45) is 0 Å². The summed E-state index contributed by atoms with van der Waals surface area (Å²) in [5, 5.41) is 22.0. The standard InChI is InChI=1S/C14H16F3NO4/c1-8(20)18-5-4-12(21)13(22)10-3-2-9(7-19)6-11(10)14(15,16)17/h2-3,6-7,12-13,21-22H,4-5H2,1H3,(H,18,20). The Labute approximate surface area is 124 Å². The molecule has 1 aromatic rings. The molecular weight excluding hydrogens is 303 g/mol. The third-order valence-corrected chi connectivity index (χ3v) is 3.02. The summed E-state index contributed by atoms with van der Waals surface area (Å²) in [4.78, 5) is 21.3. The predicted octanol–water partition coefficient (Wildman–Crippen LogP) is 1.44. The first-order valence-corrected chi connectivity index (χ1v) is 6.43. The Hall–Kier alpha value is -1.93. The maximum atomic E-state index is 13.0. The number of alkyl halides is 3. The highest BCUT2D eigenvalue weighted by Gasteiger charge is 2.36. The highest BCUT2D eigenvalue weighted by molar-refractivity contribution is 5.75. The van der Waals surface area contributed by atoms with Crippen molar-refractivity contribution < 1.29 is 33.0 Å². The van der Waals surface area contributed by atoms with E-state index in [2.05, 4.69) is 5.32 Å². The zero-order valence-corrected chi connectivity index (χ0v) is 11.7. The lowest BCUT2D eigenvalue weighted by Crippen LogP contribution is -2.28. The van der Waals surface area contributed by atoms with Gasteiger partial charge in [0.1, 0.15) is 12.4 Å². The molecule has 0 fully saturated rings. The Balaban J connectivity index is 2.98. The molecule has 0 radical (unpaired) electrons. The first-order chi connectivity index (χ1) is 10.2. The molecule has 1 amide bonds. The molecule has 0 heterocycles. The largest absolute Gasteiger partial charge is 0.416 e. The van der Waals surface area contributed by atoms with Crippen LogP contribution in [-0.4, -0.2) is 35.1 Å². The normalized spacial score (nSPS) is 14.3. The molecule has 122 valence electrons. The zero-order valence-electron chi connectivity index (χ0n) is 11.7. The Kier molecular flexibility index (Phi) is 6.07. The van der Waals surface area contributed by atoms with Crippen LogP contribution in [0.4, 0.5) is 13.2 Å². The summed E-state index contributed by atoms with van der Waals surface area (Å²) in [6, 6.07) is 2.70. The van der Waals surface area contributed by atoms with Crippen molar-refractivity contribution >= 4 is 12.2 Å². The highest BCUT2D eigenvalue weighted by Crippen LogP contribution is 2.36. The molecule has 0 spiro atoms. The molecule has 3 N–H and O–H groups in total. The van der Waals surface area contributed by atoms with Crippen molar-refractivity contribution in [3.8, 4) is 0 Å². The smallest absolute Gasteiger partial charge is 0.390 e. The number of aliphatic hydroxyl groups is 2. The number of amides is 1. The van der Waals surface area contributed by atoms with Crippen LogP contribution in [0.2, 0.25) is 0 Å². The summed E-state index contributed by atoms with van der Waals surface area (Å²) in [6.45, 7) is 1.27. The summed E-state index contributed by atoms with van der Waals surface area (Å²) in [5.74, 6) is -0.354. The fourth-order valence-corrected chi connectivity index (χ4v) is 1.91. The highest BCUT2D eigenvalue weighted by atomic mass is 19.4. The van der Waals surface area contributed by atoms with E-state index in [1.54, 1.807) is 0 Å². The van der Waals surface area contributed by atoms with Gasteiger partial charge in [-0.15, -0.1) is 0 Å². The maximum absolute atomic E-state index is 13.0. The third-order valence-electron chi connectivity index (χ3n) is 3.02. The molecular formula is C14H16F3NO4. The topological polar surface area (TPSA) is 86.6 Å². The van der Waals surface area contributed by atoms with Gasteiger partial charge in [-0.2, -0.15) is 13.2 Å². The minimum atomic E-state index is -4.77. The lowest BCUT2D eigenvalue weighted by Gasteiger charge is -2.22. The van der Waals surface area contributed by atoms with E-state index in [-0.39, 0.29) is 30.7 Å². The number of hydrogen-bond acceptors (Lipinski definition) is 4. The van der Waals surface area contributed by atoms with Gasteiger partial charge in [0.15, 0.2) is 0 Å². The Morgan fingerprint density at radius 3 is 2.50 bits per heavy atom. The van der Waals surface area contributed by atoms with Gasteiger partial charge in [-0.1, -0.05) is 12.1 Å². The monoisotopic (exact) mass is 319 g/mol. The predicted molar refractivity (Wildman–Crippen MR) is 71.1 cm³/mol. The fraction of sp³-hybridized carbons (Fsp3) is 0.429. The molecule has 0 aliphatic heterocycles. The molecule has 5 nitrogen and oxygen atoms in total. The van der Waals surface area contributed by atoms with Crippen molar-refractivity contribution in [3.63, 3.8) is 0 Å². The molecule has 0 saturated carbocycles. The van der Waals surface area contributed by atoms with Gasteiger partial charge >= 0.3 is 6.18 Å². The summed E-state index contributed by atoms with van der Waals surface area (Å²) in [6.07, 6.45) is -7.90. The first kappa shape index (κ1) is 18.1. The minimum Gasteiger partial charge on any atom is -0.390 e. The minimum absolute atomic E-state index is 0.0152. The van der Waals surface area contributed by atoms with Gasteiger partial charge in [0.25, 0.3) is 0 Å². The van der Waals surface area contributed by atoms with Gasteiger partial charge < -0.3 is 15.5 Å². The van der Waals surface area contributed by atoms with Crippen LogP contribution in [-0.2, 0) is 11.0 Å². The van der Waals surface area contributed by atoms with Gasteiger partial charge in [0, 0.05) is 19.0 Å². The van der Waals surface area contributed by atoms with E-state index in [4.69, 9.17) is 0 Å². The van der Waals surface area contributed by atoms with E-state index >= 15 is 0 Å². The molecule has 0 saturated heterocycles. The van der Waals surface area contributed by atoms with Crippen LogP contribution in [0.5, 0.6) is 0 Å². The molecule has 22 heavy (non-hydrogen) atoms. The number of nitrogens with one attached hydrogen (secondary N) is 1. The van der Waals surface area contributed by atoms with Crippen LogP contribution >= 0.6 is 0 Å². The lowest BCUT2D eigenvalue weighted by molar-refractivity contribution is -0.140. The molecule has 0 bridgehead atoms. The van der Waals surface area contributed by atoms with Crippen molar-refractivity contribution in [2.75, 3.05) is 6.54 Å². The third kappa shape index (κ3) is 4.81. The van der Waals surface area contributed by atoms with Crippen LogP contribution in [0.3, 0.4) is 0 Å². The SMILES string of the molecule is CC(=O)NCCC(O)C(O)c1ccc(C=O)cc1C(F)(F)F. The van der Waals surface area contributed by atoms with E-state index in [0.29, 0.717) is 6.07 Å². The number of rotatable bonds is 6. The van der Waals surface area contributed by atoms with E-state index in [9.17, 15) is 33.0 Å². The van der Waals surface area contributed by atoms with Gasteiger partial charge in [-0.05, 0) is 18.1 Å². The van der Waals surface area contributed by atoms with E-state index in [0.717, 1.165) is 12.1 Å². The summed E-state index contributed by atoms with van der Waals surface area (Å²) >= 11 is 0. The van der Waals surface area contributed by atoms with E-state index < -0.39 is 29.5 Å². The van der Waals surface area contributed by atoms with E-state index in [1.807, 2.05) is 0 Å². The van der Waals surface area contributed by atoms with Gasteiger partial charge in [0.05, 0.1) is 11.7 Å². The number of benzene rings is 1. The van der Waals surface area contributed by atoms with Crippen LogP contribution < -0.4 is 5.32 Å². The number of carbonyl (C=O) groups is 2. The summed E-state index contributed by atoms with van der Waals surface area (Å²) in [7, 11) is 0. The number of halogens is 3. The number of aliphatic hydroxyl groups excluding tert-OH is 2. The van der Waals surface area contributed by atoms with Gasteiger partial charge in [-0.3, -0.25) is 9.59 Å². The van der Waals surface area contributed by atoms with Crippen molar-refractivity contribution in [1.29, 1.82) is 0 Å². The van der Waals surface area contributed by atoms with Crippen LogP contribution in [0.1, 0.15) is 40.9 Å². The van der Waals surface area contributed by atoms with Crippen LogP contribution in [0.25, 0.3) is 0 Å².